The fraction of sp³-hybridized carbons (Fsp3) is 0.316. The molecular weight excluding hydrogens is 368 g/mol. The molecule has 0 aromatic heterocycles. The molecule has 0 radical (unpaired) electrons. The van der Waals surface area contributed by atoms with Crippen molar-refractivity contribution < 1.29 is 22.7 Å². The Morgan fingerprint density at radius 3 is 2.48 bits per heavy atom. The van der Waals surface area contributed by atoms with Gasteiger partial charge in [-0.25, -0.2) is 8.42 Å². The van der Waals surface area contributed by atoms with E-state index in [0.29, 0.717) is 11.5 Å². The molecule has 1 aliphatic heterocycles. The Morgan fingerprint density at radius 2 is 1.81 bits per heavy atom. The summed E-state index contributed by atoms with van der Waals surface area (Å²) < 4.78 is 38.6. The molecule has 144 valence electrons. The van der Waals surface area contributed by atoms with Crippen molar-refractivity contribution in [1.29, 1.82) is 0 Å². The first-order chi connectivity index (χ1) is 13.0. The van der Waals surface area contributed by atoms with Crippen molar-refractivity contribution in [2.45, 2.75) is 23.5 Å². The van der Waals surface area contributed by atoms with Crippen LogP contribution in [0.1, 0.15) is 6.42 Å². The number of benzene rings is 2. The van der Waals surface area contributed by atoms with Crippen molar-refractivity contribution in [3.05, 3.63) is 54.6 Å². The smallest absolute Gasteiger partial charge is 0.244 e. The summed E-state index contributed by atoms with van der Waals surface area (Å²) in [5, 5.41) is 2.54. The fourth-order valence-electron chi connectivity index (χ4n) is 3.11. The Bertz CT molecular complexity index is 901. The van der Waals surface area contributed by atoms with Crippen LogP contribution in [0.3, 0.4) is 0 Å². The number of methoxy groups -OCH3 is 1. The second-order valence-corrected chi connectivity index (χ2v) is 8.06. The number of ether oxygens (including phenoxy) is 2. The Labute approximate surface area is 158 Å². The maximum Gasteiger partial charge on any atom is 0.244 e. The van der Waals surface area contributed by atoms with Crippen LogP contribution >= 0.6 is 0 Å². The van der Waals surface area contributed by atoms with Crippen LogP contribution in [0.15, 0.2) is 59.5 Å². The number of carbonyl (C=O) groups excluding carboxylic acids is 1. The highest BCUT2D eigenvalue weighted by Crippen LogP contribution is 2.30. The monoisotopic (exact) mass is 390 g/mol. The zero-order valence-electron chi connectivity index (χ0n) is 15.2. The zero-order valence-corrected chi connectivity index (χ0v) is 16.0. The van der Waals surface area contributed by atoms with E-state index in [1.807, 2.05) is 18.2 Å². The van der Waals surface area contributed by atoms with Gasteiger partial charge >= 0.3 is 0 Å². The maximum atomic E-state index is 13.2. The summed E-state index contributed by atoms with van der Waals surface area (Å²) in [5.74, 6) is 0.711. The number of carbonyl (C=O) groups is 1. The third-order valence-corrected chi connectivity index (χ3v) is 6.33. The number of para-hydroxylation sites is 1. The minimum absolute atomic E-state index is 0.0797. The average Bonchev–Trinajstić information content (AvgIpc) is 3.13. The van der Waals surface area contributed by atoms with E-state index < -0.39 is 22.2 Å². The van der Waals surface area contributed by atoms with E-state index in [1.165, 1.54) is 30.6 Å². The molecule has 1 aliphatic rings. The van der Waals surface area contributed by atoms with Gasteiger partial charge in [0.05, 0.1) is 18.6 Å². The number of rotatable bonds is 6. The summed E-state index contributed by atoms with van der Waals surface area (Å²) in [6, 6.07) is 14.5. The van der Waals surface area contributed by atoms with Gasteiger partial charge in [0.15, 0.2) is 0 Å². The number of hydrogen-bond donors (Lipinski definition) is 1. The highest BCUT2D eigenvalue weighted by molar-refractivity contribution is 7.89. The van der Waals surface area contributed by atoms with Crippen LogP contribution < -0.4 is 14.8 Å². The predicted molar refractivity (Wildman–Crippen MR) is 100 cm³/mol. The molecular formula is C19H22N2O5S. The van der Waals surface area contributed by atoms with Crippen molar-refractivity contribution in [3.8, 4) is 11.5 Å². The number of nitrogens with one attached hydrogen (secondary N) is 1. The minimum Gasteiger partial charge on any atom is -0.497 e. The summed E-state index contributed by atoms with van der Waals surface area (Å²) in [7, 11) is -0.927. The number of likely N-dealkylation sites (N-methyl/N-ethyl adjacent to an activating group) is 1. The Hall–Kier alpha value is -2.58. The Kier molecular flexibility index (Phi) is 5.67. The van der Waals surface area contributed by atoms with Crippen LogP contribution in [0, 0.1) is 0 Å². The minimum atomic E-state index is -3.89. The highest BCUT2D eigenvalue weighted by atomic mass is 32.2. The lowest BCUT2D eigenvalue weighted by Gasteiger charge is -2.22. The third-order valence-electron chi connectivity index (χ3n) is 4.46. The molecule has 2 aromatic carbocycles. The van der Waals surface area contributed by atoms with Gasteiger partial charge in [0.1, 0.15) is 23.6 Å². The van der Waals surface area contributed by atoms with Crippen molar-refractivity contribution in [2.75, 3.05) is 20.7 Å². The van der Waals surface area contributed by atoms with E-state index in [2.05, 4.69) is 5.32 Å². The summed E-state index contributed by atoms with van der Waals surface area (Å²) >= 11 is 0. The van der Waals surface area contributed by atoms with Gasteiger partial charge in [-0.3, -0.25) is 4.79 Å². The molecule has 0 spiro atoms. The molecule has 27 heavy (non-hydrogen) atoms. The fourth-order valence-corrected chi connectivity index (χ4v) is 4.78. The van der Waals surface area contributed by atoms with Gasteiger partial charge in [-0.1, -0.05) is 24.3 Å². The van der Waals surface area contributed by atoms with Gasteiger partial charge in [0, 0.05) is 19.5 Å². The second-order valence-electron chi connectivity index (χ2n) is 6.17. The first-order valence-corrected chi connectivity index (χ1v) is 9.99. The molecule has 1 amide bonds. The highest BCUT2D eigenvalue weighted by Gasteiger charge is 2.44. The second kappa shape index (κ2) is 7.98. The molecule has 1 fully saturated rings. The lowest BCUT2D eigenvalue weighted by molar-refractivity contribution is -0.123. The molecule has 1 N–H and O–H groups in total. The number of hydrogen-bond acceptors (Lipinski definition) is 5. The van der Waals surface area contributed by atoms with Crippen molar-refractivity contribution in [2.24, 2.45) is 0 Å². The molecule has 7 nitrogen and oxygen atoms in total. The van der Waals surface area contributed by atoms with E-state index in [-0.39, 0.29) is 23.8 Å². The molecule has 0 saturated carbocycles. The molecule has 3 rings (SSSR count). The van der Waals surface area contributed by atoms with Crippen LogP contribution in [-0.2, 0) is 14.8 Å². The van der Waals surface area contributed by atoms with Gasteiger partial charge < -0.3 is 14.8 Å². The van der Waals surface area contributed by atoms with Crippen LogP contribution in [0.25, 0.3) is 0 Å². The van der Waals surface area contributed by atoms with Gasteiger partial charge in [0.25, 0.3) is 0 Å². The Balaban J connectivity index is 1.89. The quantitative estimate of drug-likeness (QED) is 0.811. The van der Waals surface area contributed by atoms with Crippen LogP contribution in [-0.4, -0.2) is 51.5 Å². The molecule has 1 saturated heterocycles. The normalized spacial score (nSPS) is 20.2. The maximum absolute atomic E-state index is 13.2. The van der Waals surface area contributed by atoms with Gasteiger partial charge in [-0.15, -0.1) is 0 Å². The first kappa shape index (κ1) is 19.2. The van der Waals surface area contributed by atoms with Gasteiger partial charge in [0.2, 0.25) is 15.9 Å². The van der Waals surface area contributed by atoms with Crippen LogP contribution in [0.2, 0.25) is 0 Å². The molecule has 0 bridgehead atoms. The lowest BCUT2D eigenvalue weighted by atomic mass is 10.2. The molecule has 0 unspecified atom stereocenters. The number of sulfonamides is 1. The van der Waals surface area contributed by atoms with E-state index in [9.17, 15) is 13.2 Å². The third kappa shape index (κ3) is 4.06. The first-order valence-electron chi connectivity index (χ1n) is 8.55. The standard InChI is InChI=1S/C19H22N2O5S/c1-20-19(22)18-12-16(26-14-7-4-3-5-8-14)13-21(18)27(23,24)17-10-6-9-15(11-17)25-2/h3-11,16,18H,12-13H2,1-2H3,(H,20,22)/t16-,18+/m0/s1. The molecule has 0 aliphatic carbocycles. The molecule has 2 aromatic rings. The van der Waals surface area contributed by atoms with E-state index in [4.69, 9.17) is 9.47 Å². The lowest BCUT2D eigenvalue weighted by Crippen LogP contribution is -2.44. The topological polar surface area (TPSA) is 84.9 Å². The van der Waals surface area contributed by atoms with Crippen LogP contribution in [0.5, 0.6) is 11.5 Å². The summed E-state index contributed by atoms with van der Waals surface area (Å²) in [6.07, 6.45) is -0.146. The Morgan fingerprint density at radius 1 is 1.11 bits per heavy atom. The molecule has 2 atom stereocenters. The van der Waals surface area contributed by atoms with E-state index in [0.717, 1.165) is 0 Å². The molecule has 1 heterocycles. The van der Waals surface area contributed by atoms with E-state index in [1.54, 1.807) is 24.3 Å². The number of amides is 1. The predicted octanol–water partition coefficient (Wildman–Crippen LogP) is 1.65. The van der Waals surface area contributed by atoms with Gasteiger partial charge in [-0.05, 0) is 24.3 Å². The van der Waals surface area contributed by atoms with E-state index >= 15 is 0 Å². The largest absolute Gasteiger partial charge is 0.497 e. The summed E-state index contributed by atoms with van der Waals surface area (Å²) in [5.41, 5.74) is 0. The SMILES string of the molecule is CNC(=O)[C@H]1C[C@H](Oc2ccccc2)CN1S(=O)(=O)c1cccc(OC)c1. The van der Waals surface area contributed by atoms with Gasteiger partial charge in [-0.2, -0.15) is 4.31 Å². The molecule has 8 heteroatoms. The van der Waals surface area contributed by atoms with Crippen molar-refractivity contribution in [1.82, 2.24) is 9.62 Å². The number of nitrogens with zero attached hydrogens (tertiary/aromatic N) is 1. The summed E-state index contributed by atoms with van der Waals surface area (Å²) in [4.78, 5) is 12.4. The summed E-state index contributed by atoms with van der Waals surface area (Å²) in [6.45, 7) is 0.0898. The zero-order chi connectivity index (χ0) is 19.4. The van der Waals surface area contributed by atoms with Crippen LogP contribution in [0.4, 0.5) is 0 Å². The van der Waals surface area contributed by atoms with Crippen molar-refractivity contribution >= 4 is 15.9 Å². The average molecular weight is 390 g/mol. The van der Waals surface area contributed by atoms with Crippen molar-refractivity contribution in [3.63, 3.8) is 0 Å².